The molecule has 3 rings (SSSR count). The van der Waals surface area contributed by atoms with E-state index in [-0.39, 0.29) is 29.3 Å². The van der Waals surface area contributed by atoms with E-state index < -0.39 is 5.97 Å². The van der Waals surface area contributed by atoms with Gasteiger partial charge >= 0.3 is 5.97 Å². The third-order valence-electron chi connectivity index (χ3n) is 4.83. The van der Waals surface area contributed by atoms with E-state index in [1.807, 2.05) is 25.2 Å². The molecule has 5 nitrogen and oxygen atoms in total. The largest absolute Gasteiger partial charge is 0.508 e. The van der Waals surface area contributed by atoms with Crippen LogP contribution in [0.1, 0.15) is 35.7 Å². The minimum absolute atomic E-state index is 0.0973. The maximum absolute atomic E-state index is 12.6. The number of phenols is 2. The van der Waals surface area contributed by atoms with Gasteiger partial charge in [0.1, 0.15) is 17.1 Å². The second-order valence-corrected chi connectivity index (χ2v) is 6.86. The normalized spacial score (nSPS) is 31.8. The summed E-state index contributed by atoms with van der Waals surface area (Å²) in [4.78, 5) is 12.6. The Balaban J connectivity index is 1.96. The third-order valence-corrected chi connectivity index (χ3v) is 4.83. The van der Waals surface area contributed by atoms with Gasteiger partial charge in [-0.2, -0.15) is 0 Å². The lowest BCUT2D eigenvalue weighted by atomic mass is 9.99. The summed E-state index contributed by atoms with van der Waals surface area (Å²) in [6.07, 6.45) is 9.79. The van der Waals surface area contributed by atoms with Crippen molar-refractivity contribution in [3.05, 3.63) is 47.6 Å². The molecule has 1 aliphatic heterocycles. The van der Waals surface area contributed by atoms with Crippen LogP contribution in [0.3, 0.4) is 0 Å². The Hall–Kier alpha value is -2.27. The number of benzene rings is 1. The Morgan fingerprint density at radius 2 is 1.92 bits per heavy atom. The van der Waals surface area contributed by atoms with Crippen LogP contribution in [0.5, 0.6) is 11.5 Å². The molecule has 0 amide bonds. The van der Waals surface area contributed by atoms with Crippen molar-refractivity contribution < 1.29 is 24.5 Å². The van der Waals surface area contributed by atoms with E-state index in [4.69, 9.17) is 9.47 Å². The number of esters is 1. The van der Waals surface area contributed by atoms with E-state index in [1.165, 1.54) is 6.07 Å². The average Bonchev–Trinajstić information content (AvgIpc) is 3.26. The van der Waals surface area contributed by atoms with Crippen molar-refractivity contribution in [2.24, 2.45) is 11.8 Å². The Morgan fingerprint density at radius 3 is 2.68 bits per heavy atom. The molecule has 1 heterocycles. The number of cyclic esters (lactones) is 1. The van der Waals surface area contributed by atoms with E-state index in [2.05, 4.69) is 6.08 Å². The van der Waals surface area contributed by atoms with Crippen molar-refractivity contribution in [2.75, 3.05) is 7.11 Å². The summed E-state index contributed by atoms with van der Waals surface area (Å²) in [7, 11) is 1.58. The molecule has 1 aromatic carbocycles. The molecule has 1 saturated carbocycles. The molecule has 25 heavy (non-hydrogen) atoms. The van der Waals surface area contributed by atoms with Gasteiger partial charge in [-0.15, -0.1) is 0 Å². The molecule has 5 heteroatoms. The molecule has 1 aromatic rings. The topological polar surface area (TPSA) is 76.0 Å². The molecule has 0 saturated heterocycles. The van der Waals surface area contributed by atoms with Gasteiger partial charge in [0.2, 0.25) is 0 Å². The molecule has 4 atom stereocenters. The lowest BCUT2D eigenvalue weighted by Crippen LogP contribution is -2.19. The van der Waals surface area contributed by atoms with E-state index in [0.717, 1.165) is 18.9 Å². The van der Waals surface area contributed by atoms with Crippen molar-refractivity contribution in [1.82, 2.24) is 0 Å². The first-order valence-electron chi connectivity index (χ1n) is 8.61. The minimum atomic E-state index is -0.566. The molecule has 3 unspecified atom stereocenters. The van der Waals surface area contributed by atoms with E-state index in [0.29, 0.717) is 23.8 Å². The molecule has 2 N–H and O–H groups in total. The minimum Gasteiger partial charge on any atom is -0.508 e. The highest BCUT2D eigenvalue weighted by molar-refractivity contribution is 5.94. The molecular formula is C20H24O5. The van der Waals surface area contributed by atoms with Crippen LogP contribution in [0.2, 0.25) is 0 Å². The highest BCUT2D eigenvalue weighted by atomic mass is 16.5. The van der Waals surface area contributed by atoms with Crippen molar-refractivity contribution in [3.8, 4) is 11.5 Å². The van der Waals surface area contributed by atoms with Gasteiger partial charge in [0.25, 0.3) is 0 Å². The number of hydrogen-bond donors (Lipinski definition) is 2. The summed E-state index contributed by atoms with van der Waals surface area (Å²) in [6, 6.07) is 2.63. The number of carbonyl (C=O) groups is 1. The lowest BCUT2D eigenvalue weighted by molar-refractivity contribution is 0.0306. The SMILES string of the molecule is CO[C@H]1/C=C/C=C\C2CC2CC(C)OC(=O)c2c(O)cc(O)cc2C1. The molecule has 0 radical (unpaired) electrons. The van der Waals surface area contributed by atoms with Gasteiger partial charge in [0, 0.05) is 19.6 Å². The number of fused-ring (bicyclic) bond motifs is 2. The second-order valence-electron chi connectivity index (χ2n) is 6.86. The van der Waals surface area contributed by atoms with Gasteiger partial charge in [-0.25, -0.2) is 4.79 Å². The average molecular weight is 344 g/mol. The maximum Gasteiger partial charge on any atom is 0.342 e. The van der Waals surface area contributed by atoms with Crippen LogP contribution in [-0.4, -0.2) is 35.5 Å². The van der Waals surface area contributed by atoms with E-state index in [9.17, 15) is 15.0 Å². The predicted octanol–water partition coefficient (Wildman–Crippen LogP) is 3.35. The summed E-state index contributed by atoms with van der Waals surface area (Å²) in [5.41, 5.74) is 0.594. The van der Waals surface area contributed by atoms with Crippen molar-refractivity contribution in [2.45, 2.75) is 38.4 Å². The Morgan fingerprint density at radius 1 is 1.16 bits per heavy atom. The summed E-state index contributed by atoms with van der Waals surface area (Å²) in [5, 5.41) is 20.0. The monoisotopic (exact) mass is 344 g/mol. The van der Waals surface area contributed by atoms with Crippen LogP contribution in [0.15, 0.2) is 36.4 Å². The smallest absolute Gasteiger partial charge is 0.342 e. The number of phenolic OH excluding ortho intramolecular Hbond substituents is 2. The Kier molecular flexibility index (Phi) is 5.13. The summed E-state index contributed by atoms with van der Waals surface area (Å²) >= 11 is 0. The quantitative estimate of drug-likeness (QED) is 0.764. The number of allylic oxidation sites excluding steroid dienone is 3. The van der Waals surface area contributed by atoms with Crippen molar-refractivity contribution in [3.63, 3.8) is 0 Å². The van der Waals surface area contributed by atoms with Gasteiger partial charge < -0.3 is 19.7 Å². The fourth-order valence-corrected chi connectivity index (χ4v) is 3.40. The molecule has 1 fully saturated rings. The van der Waals surface area contributed by atoms with Gasteiger partial charge in [0.05, 0.1) is 12.2 Å². The van der Waals surface area contributed by atoms with Crippen LogP contribution in [0, 0.1) is 11.8 Å². The van der Waals surface area contributed by atoms with Gasteiger partial charge in [0.15, 0.2) is 0 Å². The maximum atomic E-state index is 12.6. The van der Waals surface area contributed by atoms with Crippen LogP contribution in [0.4, 0.5) is 0 Å². The van der Waals surface area contributed by atoms with E-state index >= 15 is 0 Å². The molecule has 0 aromatic heterocycles. The third kappa shape index (κ3) is 4.23. The molecule has 0 spiro atoms. The highest BCUT2D eigenvalue weighted by Crippen LogP contribution is 2.43. The number of hydrogen-bond acceptors (Lipinski definition) is 5. The van der Waals surface area contributed by atoms with Crippen LogP contribution in [0.25, 0.3) is 0 Å². The molecular weight excluding hydrogens is 320 g/mol. The van der Waals surface area contributed by atoms with Crippen molar-refractivity contribution >= 4 is 5.97 Å². The molecule has 1 aliphatic carbocycles. The predicted molar refractivity (Wildman–Crippen MR) is 93.6 cm³/mol. The van der Waals surface area contributed by atoms with Crippen LogP contribution < -0.4 is 0 Å². The number of ether oxygens (including phenoxy) is 2. The zero-order valence-electron chi connectivity index (χ0n) is 14.5. The summed E-state index contributed by atoms with van der Waals surface area (Å²) < 4.78 is 11.0. The zero-order chi connectivity index (χ0) is 18.0. The van der Waals surface area contributed by atoms with E-state index in [1.54, 1.807) is 7.11 Å². The standard InChI is InChI=1S/C20H24O5/c1-12-7-14-8-13(14)5-3-4-6-17(24-2)10-15-9-16(21)11-18(22)19(15)20(23)25-12/h3-6,9,11-14,17,21-22H,7-8,10H2,1-2H3/b5-3-,6-4+/t12?,13?,14?,17-/m0/s1. The first-order valence-corrected chi connectivity index (χ1v) is 8.61. The fourth-order valence-electron chi connectivity index (χ4n) is 3.40. The van der Waals surface area contributed by atoms with Crippen LogP contribution in [-0.2, 0) is 15.9 Å². The molecule has 0 bridgehead atoms. The second kappa shape index (κ2) is 7.31. The van der Waals surface area contributed by atoms with Crippen LogP contribution >= 0.6 is 0 Å². The number of aromatic hydroxyl groups is 2. The zero-order valence-corrected chi connectivity index (χ0v) is 14.5. The Labute approximate surface area is 147 Å². The summed E-state index contributed by atoms with van der Waals surface area (Å²) in [6.45, 7) is 1.87. The molecule has 2 aliphatic rings. The highest BCUT2D eigenvalue weighted by Gasteiger charge is 2.36. The van der Waals surface area contributed by atoms with Gasteiger partial charge in [-0.1, -0.05) is 24.3 Å². The molecule has 134 valence electrons. The Bertz CT molecular complexity index is 706. The first kappa shape index (κ1) is 17.5. The number of rotatable bonds is 1. The van der Waals surface area contributed by atoms with Gasteiger partial charge in [-0.3, -0.25) is 0 Å². The first-order chi connectivity index (χ1) is 12.0. The number of carbonyl (C=O) groups excluding carboxylic acids is 1. The summed E-state index contributed by atoms with van der Waals surface area (Å²) in [5.74, 6) is 0.123. The fraction of sp³-hybridized carbons (Fsp3) is 0.450. The number of methoxy groups -OCH3 is 1. The lowest BCUT2D eigenvalue weighted by Gasteiger charge is -2.18. The van der Waals surface area contributed by atoms with Crippen molar-refractivity contribution in [1.29, 1.82) is 0 Å². The van der Waals surface area contributed by atoms with Gasteiger partial charge in [-0.05, 0) is 43.2 Å².